The molecule has 1 N–H and O–H groups in total. The fraction of sp³-hybridized carbons (Fsp3) is 0.296. The zero-order valence-corrected chi connectivity index (χ0v) is 20.2. The molecule has 0 unspecified atom stereocenters. The van der Waals surface area contributed by atoms with E-state index in [1.54, 1.807) is 6.07 Å². The van der Waals surface area contributed by atoms with Crippen LogP contribution in [-0.2, 0) is 6.61 Å². The molecular weight excluding hydrogens is 480 g/mol. The fourth-order valence-electron chi connectivity index (χ4n) is 3.88. The minimum Gasteiger partial charge on any atom is -0.493 e. The number of carbonyl (C=O) groups is 1. The Morgan fingerprint density at radius 2 is 1.76 bits per heavy atom. The third-order valence-electron chi connectivity index (χ3n) is 5.60. The third kappa shape index (κ3) is 7.07. The van der Waals surface area contributed by atoms with Crippen molar-refractivity contribution in [2.24, 2.45) is 0 Å². The van der Waals surface area contributed by atoms with Crippen LogP contribution in [0.5, 0.6) is 11.5 Å². The highest BCUT2D eigenvalue weighted by atomic mass is 79.9. The Kier molecular flexibility index (Phi) is 8.39. The quantitative estimate of drug-likeness (QED) is 0.334. The van der Waals surface area contributed by atoms with Crippen molar-refractivity contribution in [2.45, 2.75) is 25.9 Å². The van der Waals surface area contributed by atoms with Crippen molar-refractivity contribution < 1.29 is 14.3 Å². The summed E-state index contributed by atoms with van der Waals surface area (Å²) in [4.78, 5) is 15.5. The van der Waals surface area contributed by atoms with E-state index in [0.717, 1.165) is 23.0 Å². The van der Waals surface area contributed by atoms with Crippen LogP contribution in [0.1, 0.15) is 35.2 Å². The molecule has 1 fully saturated rings. The van der Waals surface area contributed by atoms with E-state index in [4.69, 9.17) is 9.47 Å². The predicted octanol–water partition coefficient (Wildman–Crippen LogP) is 6.15. The molecule has 4 rings (SSSR count). The maximum absolute atomic E-state index is 13.0. The lowest BCUT2D eigenvalue weighted by Gasteiger charge is -2.16. The van der Waals surface area contributed by atoms with Crippen LogP contribution >= 0.6 is 15.9 Å². The van der Waals surface area contributed by atoms with Crippen LogP contribution in [0.2, 0.25) is 0 Å². The van der Waals surface area contributed by atoms with Gasteiger partial charge < -0.3 is 19.7 Å². The maximum atomic E-state index is 13.0. The Morgan fingerprint density at radius 3 is 2.55 bits per heavy atom. The zero-order chi connectivity index (χ0) is 22.9. The second-order valence-electron chi connectivity index (χ2n) is 8.15. The molecule has 1 aliphatic rings. The van der Waals surface area contributed by atoms with E-state index in [0.29, 0.717) is 36.0 Å². The van der Waals surface area contributed by atoms with Crippen molar-refractivity contribution in [2.75, 3.05) is 31.6 Å². The fourth-order valence-corrected chi connectivity index (χ4v) is 4.28. The number of nitrogens with zero attached hydrogens (tertiary/aromatic N) is 1. The number of amides is 1. The molecule has 0 spiro atoms. The van der Waals surface area contributed by atoms with Crippen molar-refractivity contribution in [3.8, 4) is 11.5 Å². The average molecular weight is 509 g/mol. The summed E-state index contributed by atoms with van der Waals surface area (Å²) in [5, 5.41) is 2.95. The molecule has 5 nitrogen and oxygen atoms in total. The summed E-state index contributed by atoms with van der Waals surface area (Å²) in [5.41, 5.74) is 2.22. The minimum atomic E-state index is -0.225. The number of likely N-dealkylation sites (tertiary alicyclic amines) is 1. The van der Waals surface area contributed by atoms with E-state index < -0.39 is 0 Å². The monoisotopic (exact) mass is 508 g/mol. The first kappa shape index (κ1) is 23.3. The van der Waals surface area contributed by atoms with Crippen molar-refractivity contribution in [3.63, 3.8) is 0 Å². The highest BCUT2D eigenvalue weighted by Crippen LogP contribution is 2.27. The first-order chi connectivity index (χ1) is 16.2. The lowest BCUT2D eigenvalue weighted by atomic mass is 10.1. The molecule has 0 aliphatic carbocycles. The van der Waals surface area contributed by atoms with Gasteiger partial charge in [0, 0.05) is 22.8 Å². The molecule has 1 aliphatic heterocycles. The summed E-state index contributed by atoms with van der Waals surface area (Å²) >= 11 is 3.44. The number of anilines is 1. The van der Waals surface area contributed by atoms with E-state index in [-0.39, 0.29) is 5.91 Å². The lowest BCUT2D eigenvalue weighted by Crippen LogP contribution is -2.21. The largest absolute Gasteiger partial charge is 0.493 e. The van der Waals surface area contributed by atoms with Crippen LogP contribution in [0.15, 0.2) is 77.3 Å². The Morgan fingerprint density at radius 1 is 0.939 bits per heavy atom. The van der Waals surface area contributed by atoms with Gasteiger partial charge in [-0.25, -0.2) is 0 Å². The molecule has 1 amide bonds. The smallest absolute Gasteiger partial charge is 0.259 e. The second kappa shape index (κ2) is 11.9. The SMILES string of the molecule is O=C(Nc1cccc(Br)c1)c1ccc(OCCCN2CCCC2)cc1OCc1ccccc1. The van der Waals surface area contributed by atoms with Crippen LogP contribution in [0.3, 0.4) is 0 Å². The first-order valence-corrected chi connectivity index (χ1v) is 12.2. The molecule has 1 heterocycles. The zero-order valence-electron chi connectivity index (χ0n) is 18.6. The van der Waals surface area contributed by atoms with Gasteiger partial charge in [0.05, 0.1) is 12.2 Å². The molecular formula is C27H29BrN2O3. The maximum Gasteiger partial charge on any atom is 0.259 e. The van der Waals surface area contributed by atoms with Crippen molar-refractivity contribution in [3.05, 3.63) is 88.4 Å². The van der Waals surface area contributed by atoms with Gasteiger partial charge in [-0.1, -0.05) is 52.3 Å². The van der Waals surface area contributed by atoms with Crippen molar-refractivity contribution in [1.29, 1.82) is 0 Å². The van der Waals surface area contributed by atoms with Crippen LogP contribution in [0.4, 0.5) is 5.69 Å². The van der Waals surface area contributed by atoms with E-state index >= 15 is 0 Å². The standard InChI is InChI=1S/C27H29BrN2O3/c28-22-10-6-11-23(18-22)29-27(31)25-13-12-24(32-17-7-16-30-14-4-5-15-30)19-26(25)33-20-21-8-2-1-3-9-21/h1-3,6,8-13,18-19H,4-5,7,14-17,20H2,(H,29,31). The van der Waals surface area contributed by atoms with E-state index in [9.17, 15) is 4.79 Å². The lowest BCUT2D eigenvalue weighted by molar-refractivity contribution is 0.102. The van der Waals surface area contributed by atoms with Gasteiger partial charge in [0.2, 0.25) is 0 Å². The normalized spacial score (nSPS) is 13.6. The van der Waals surface area contributed by atoms with Crippen LogP contribution in [0.25, 0.3) is 0 Å². The molecule has 0 radical (unpaired) electrons. The number of ether oxygens (including phenoxy) is 2. The highest BCUT2D eigenvalue weighted by molar-refractivity contribution is 9.10. The molecule has 172 valence electrons. The number of benzene rings is 3. The van der Waals surface area contributed by atoms with E-state index in [1.165, 1.54) is 25.9 Å². The molecule has 0 atom stereocenters. The second-order valence-corrected chi connectivity index (χ2v) is 9.06. The minimum absolute atomic E-state index is 0.225. The molecule has 6 heteroatoms. The summed E-state index contributed by atoms with van der Waals surface area (Å²) in [5.74, 6) is 0.985. The van der Waals surface area contributed by atoms with E-state index in [2.05, 4.69) is 26.1 Å². The van der Waals surface area contributed by atoms with Crippen LogP contribution in [-0.4, -0.2) is 37.0 Å². The summed E-state index contributed by atoms with van der Waals surface area (Å²) in [6.07, 6.45) is 3.57. The Bertz CT molecular complexity index is 1050. The Balaban J connectivity index is 1.44. The molecule has 0 aromatic heterocycles. The predicted molar refractivity (Wildman–Crippen MR) is 135 cm³/mol. The highest BCUT2D eigenvalue weighted by Gasteiger charge is 2.16. The summed E-state index contributed by atoms with van der Waals surface area (Å²) < 4.78 is 13.0. The summed E-state index contributed by atoms with van der Waals surface area (Å²) in [6, 6.07) is 22.8. The number of rotatable bonds is 10. The van der Waals surface area contributed by atoms with Gasteiger partial charge in [0.25, 0.3) is 5.91 Å². The molecule has 1 saturated heterocycles. The third-order valence-corrected chi connectivity index (χ3v) is 6.10. The summed E-state index contributed by atoms with van der Waals surface area (Å²) in [7, 11) is 0. The summed E-state index contributed by atoms with van der Waals surface area (Å²) in [6.45, 7) is 4.46. The Hall–Kier alpha value is -2.83. The topological polar surface area (TPSA) is 50.8 Å². The molecule has 3 aromatic rings. The Labute approximate surface area is 203 Å². The number of halogens is 1. The van der Waals surface area contributed by atoms with Crippen LogP contribution in [0, 0.1) is 0 Å². The van der Waals surface area contributed by atoms with Gasteiger partial charge in [-0.2, -0.15) is 0 Å². The number of carbonyl (C=O) groups excluding carboxylic acids is 1. The van der Waals surface area contributed by atoms with Crippen molar-refractivity contribution >= 4 is 27.5 Å². The van der Waals surface area contributed by atoms with Gasteiger partial charge in [0.15, 0.2) is 0 Å². The average Bonchev–Trinajstić information content (AvgIpc) is 3.35. The van der Waals surface area contributed by atoms with Crippen molar-refractivity contribution in [1.82, 2.24) is 4.90 Å². The molecule has 0 saturated carbocycles. The van der Waals surface area contributed by atoms with Crippen LogP contribution < -0.4 is 14.8 Å². The molecule has 3 aromatic carbocycles. The molecule has 33 heavy (non-hydrogen) atoms. The van der Waals surface area contributed by atoms with Gasteiger partial charge in [0.1, 0.15) is 18.1 Å². The van der Waals surface area contributed by atoms with Gasteiger partial charge >= 0.3 is 0 Å². The molecule has 0 bridgehead atoms. The number of hydrogen-bond acceptors (Lipinski definition) is 4. The first-order valence-electron chi connectivity index (χ1n) is 11.4. The number of hydrogen-bond donors (Lipinski definition) is 1. The van der Waals surface area contributed by atoms with Gasteiger partial charge in [-0.05, 0) is 68.2 Å². The number of nitrogens with one attached hydrogen (secondary N) is 1. The van der Waals surface area contributed by atoms with Gasteiger partial charge in [-0.3, -0.25) is 4.79 Å². The van der Waals surface area contributed by atoms with Gasteiger partial charge in [-0.15, -0.1) is 0 Å². The van der Waals surface area contributed by atoms with E-state index in [1.807, 2.05) is 66.7 Å².